The van der Waals surface area contributed by atoms with E-state index in [1.54, 1.807) is 27.7 Å². The van der Waals surface area contributed by atoms with Crippen LogP contribution in [0.1, 0.15) is 91.9 Å². The average Bonchev–Trinajstić information content (AvgIpc) is 3.65. The number of carbonyl (C=O) groups is 2. The maximum atomic E-state index is 14.1. The van der Waals surface area contributed by atoms with Gasteiger partial charge in [-0.1, -0.05) is 0 Å². The number of nitrogens with one attached hydrogen (secondary N) is 2. The predicted octanol–water partition coefficient (Wildman–Crippen LogP) is 2.98. The third-order valence-corrected chi connectivity index (χ3v) is 8.76. The van der Waals surface area contributed by atoms with Crippen molar-refractivity contribution in [2.75, 3.05) is 19.8 Å². The number of alkyl halides is 2. The third-order valence-electron chi connectivity index (χ3n) is 8.76. The largest absolute Gasteiger partial charge is 0.381 e. The molecule has 3 atom stereocenters. The van der Waals surface area contributed by atoms with E-state index in [0.29, 0.717) is 49.2 Å². The zero-order valence-electron chi connectivity index (χ0n) is 24.5. The number of halogens is 2. The van der Waals surface area contributed by atoms with E-state index in [-0.39, 0.29) is 61.9 Å². The van der Waals surface area contributed by atoms with Crippen molar-refractivity contribution in [3.05, 3.63) is 41.2 Å². The fourth-order valence-corrected chi connectivity index (χ4v) is 6.36. The van der Waals surface area contributed by atoms with Crippen molar-refractivity contribution in [3.63, 3.8) is 0 Å². The molecule has 5 heterocycles. The Bertz CT molecular complexity index is 1460. The summed E-state index contributed by atoms with van der Waals surface area (Å²) < 4.78 is 42.9. The molecule has 0 radical (unpaired) electrons. The van der Waals surface area contributed by atoms with E-state index >= 15 is 0 Å². The van der Waals surface area contributed by atoms with Gasteiger partial charge in [0.1, 0.15) is 11.8 Å². The molecular weight excluding hydrogens is 562 g/mol. The van der Waals surface area contributed by atoms with E-state index < -0.39 is 18.1 Å². The van der Waals surface area contributed by atoms with Crippen LogP contribution in [0, 0.1) is 5.92 Å². The molecule has 1 aliphatic carbocycles. The van der Waals surface area contributed by atoms with Crippen LogP contribution in [0.25, 0.3) is 5.78 Å². The van der Waals surface area contributed by atoms with Gasteiger partial charge in [-0.2, -0.15) is 10.2 Å². The minimum absolute atomic E-state index is 0.0795. The quantitative estimate of drug-likeness (QED) is 0.403. The highest BCUT2D eigenvalue weighted by atomic mass is 19.3. The summed E-state index contributed by atoms with van der Waals surface area (Å²) in [5, 5.41) is 15.0. The lowest BCUT2D eigenvalue weighted by Crippen LogP contribution is -2.49. The highest BCUT2D eigenvalue weighted by molar-refractivity contribution is 5.92. The summed E-state index contributed by atoms with van der Waals surface area (Å²) in [7, 11) is 0. The topological polar surface area (TPSA) is 138 Å². The summed E-state index contributed by atoms with van der Waals surface area (Å²) in [5.41, 5.74) is 2.29. The number of fused-ring (bicyclic) bond motifs is 1. The molecule has 232 valence electrons. The predicted molar refractivity (Wildman–Crippen MR) is 150 cm³/mol. The van der Waals surface area contributed by atoms with Crippen molar-refractivity contribution >= 4 is 17.6 Å². The first kappa shape index (κ1) is 29.5. The van der Waals surface area contributed by atoms with E-state index in [1.165, 1.54) is 0 Å². The Hall–Kier alpha value is -3.52. The Morgan fingerprint density at radius 2 is 1.98 bits per heavy atom. The van der Waals surface area contributed by atoms with Gasteiger partial charge in [0.05, 0.1) is 35.4 Å². The Balaban J connectivity index is 1.36. The number of morpholine rings is 1. The van der Waals surface area contributed by atoms with Crippen molar-refractivity contribution in [1.82, 2.24) is 40.0 Å². The van der Waals surface area contributed by atoms with Crippen molar-refractivity contribution in [1.29, 1.82) is 0 Å². The van der Waals surface area contributed by atoms with Crippen LogP contribution in [0.3, 0.4) is 0 Å². The molecule has 0 bridgehead atoms. The molecule has 0 spiro atoms. The van der Waals surface area contributed by atoms with Crippen LogP contribution in [0.15, 0.2) is 18.5 Å². The molecule has 2 aliphatic heterocycles. The summed E-state index contributed by atoms with van der Waals surface area (Å²) in [5.74, 6) is -3.07. The lowest BCUT2D eigenvalue weighted by atomic mass is 9.81. The Labute approximate surface area is 247 Å². The summed E-state index contributed by atoms with van der Waals surface area (Å²) in [6.45, 7) is 5.96. The number of aromatic nitrogens is 6. The van der Waals surface area contributed by atoms with Gasteiger partial charge in [-0.15, -0.1) is 0 Å². The van der Waals surface area contributed by atoms with Gasteiger partial charge in [-0.25, -0.2) is 23.3 Å². The van der Waals surface area contributed by atoms with Crippen molar-refractivity contribution in [3.8, 4) is 0 Å². The number of imidazole rings is 1. The molecule has 14 heteroatoms. The second-order valence-electron chi connectivity index (χ2n) is 11.8. The molecular formula is C29H38F2N8O4. The lowest BCUT2D eigenvalue weighted by Gasteiger charge is -2.33. The van der Waals surface area contributed by atoms with Crippen LogP contribution in [0.5, 0.6) is 0 Å². The van der Waals surface area contributed by atoms with Crippen LogP contribution < -0.4 is 10.6 Å². The second-order valence-corrected chi connectivity index (χ2v) is 11.8. The molecule has 12 nitrogen and oxygen atoms in total. The molecule has 3 aromatic heterocycles. The van der Waals surface area contributed by atoms with Gasteiger partial charge in [0.25, 0.3) is 11.7 Å². The number of amides is 2. The standard InChI is InChI=1S/C29H38F2N8O4/c1-3-38-22(6-11-33-38)26(40)35-25(18-4-9-29(30,31)10-5-18)21-16-39-28(34-21)36-24(19-7-12-42-13-8-19)20(37-39)14-23-27(41)32-15-17(2)43-23/h6,11,16-19,23,25H,3-5,7-10,12-15H2,1-2H3,(H,32,41)(H,35,40)/t17?,23?,25-/m0/s1. The molecule has 2 unspecified atom stereocenters. The van der Waals surface area contributed by atoms with E-state index in [1.807, 2.05) is 13.8 Å². The highest BCUT2D eigenvalue weighted by Gasteiger charge is 2.40. The number of ether oxygens (including phenoxy) is 2. The van der Waals surface area contributed by atoms with Gasteiger partial charge in [-0.05, 0) is 51.5 Å². The van der Waals surface area contributed by atoms with Gasteiger partial charge < -0.3 is 20.1 Å². The Kier molecular flexibility index (Phi) is 8.40. The summed E-state index contributed by atoms with van der Waals surface area (Å²) in [4.78, 5) is 35.8. The number of rotatable bonds is 8. The smallest absolute Gasteiger partial charge is 0.270 e. The van der Waals surface area contributed by atoms with Gasteiger partial charge in [0.15, 0.2) is 0 Å². The number of aryl methyl sites for hydroxylation is 1. The molecule has 2 amide bonds. The van der Waals surface area contributed by atoms with Crippen LogP contribution in [0.2, 0.25) is 0 Å². The van der Waals surface area contributed by atoms with Gasteiger partial charge in [0, 0.05) is 57.7 Å². The maximum Gasteiger partial charge on any atom is 0.270 e. The Morgan fingerprint density at radius 3 is 2.72 bits per heavy atom. The summed E-state index contributed by atoms with van der Waals surface area (Å²) in [6.07, 6.45) is 4.20. The van der Waals surface area contributed by atoms with Gasteiger partial charge in [0.2, 0.25) is 11.8 Å². The minimum Gasteiger partial charge on any atom is -0.381 e. The van der Waals surface area contributed by atoms with E-state index in [9.17, 15) is 18.4 Å². The van der Waals surface area contributed by atoms with Gasteiger partial charge in [-0.3, -0.25) is 14.3 Å². The third kappa shape index (κ3) is 6.40. The van der Waals surface area contributed by atoms with E-state index in [2.05, 4.69) is 15.7 Å². The van der Waals surface area contributed by atoms with Crippen molar-refractivity contribution in [2.45, 2.75) is 95.4 Å². The molecule has 43 heavy (non-hydrogen) atoms. The maximum absolute atomic E-state index is 14.1. The lowest BCUT2D eigenvalue weighted by molar-refractivity contribution is -0.143. The molecule has 1 saturated carbocycles. The molecule has 0 aromatic carbocycles. The first-order chi connectivity index (χ1) is 20.7. The fraction of sp³-hybridized carbons (Fsp3) is 0.655. The van der Waals surface area contributed by atoms with E-state index in [0.717, 1.165) is 18.5 Å². The van der Waals surface area contributed by atoms with Crippen LogP contribution >= 0.6 is 0 Å². The Morgan fingerprint density at radius 1 is 1.21 bits per heavy atom. The van der Waals surface area contributed by atoms with Crippen molar-refractivity contribution < 1.29 is 27.8 Å². The second kappa shape index (κ2) is 12.2. The summed E-state index contributed by atoms with van der Waals surface area (Å²) in [6, 6.07) is 1.00. The highest BCUT2D eigenvalue weighted by Crippen LogP contribution is 2.41. The average molecular weight is 601 g/mol. The van der Waals surface area contributed by atoms with Crippen LogP contribution in [-0.2, 0) is 27.2 Å². The van der Waals surface area contributed by atoms with Crippen LogP contribution in [0.4, 0.5) is 8.78 Å². The number of hydrogen-bond donors (Lipinski definition) is 2. The number of carbonyl (C=O) groups excluding carboxylic acids is 2. The SMILES string of the molecule is CCn1nccc1C(=O)N[C@H](c1cn2nc(CC3OC(C)CNC3=O)c(C3CCOCC3)nc2n1)C1CCC(F)(F)CC1. The molecule has 3 aromatic rings. The molecule has 6 rings (SSSR count). The zero-order valence-corrected chi connectivity index (χ0v) is 24.5. The van der Waals surface area contributed by atoms with Crippen molar-refractivity contribution in [2.24, 2.45) is 5.92 Å². The molecule has 2 N–H and O–H groups in total. The normalized spacial score (nSPS) is 24.1. The first-order valence-corrected chi connectivity index (χ1v) is 15.2. The molecule has 3 fully saturated rings. The fourth-order valence-electron chi connectivity index (χ4n) is 6.36. The first-order valence-electron chi connectivity index (χ1n) is 15.2. The summed E-state index contributed by atoms with van der Waals surface area (Å²) >= 11 is 0. The number of nitrogens with zero attached hydrogens (tertiary/aromatic N) is 6. The number of hydrogen-bond acceptors (Lipinski definition) is 8. The van der Waals surface area contributed by atoms with E-state index in [4.69, 9.17) is 24.5 Å². The monoisotopic (exact) mass is 600 g/mol. The minimum atomic E-state index is -2.72. The molecule has 2 saturated heterocycles. The zero-order chi connectivity index (χ0) is 30.1. The van der Waals surface area contributed by atoms with Crippen LogP contribution in [-0.4, -0.2) is 79.1 Å². The molecule has 3 aliphatic rings. The van der Waals surface area contributed by atoms with Gasteiger partial charge >= 0.3 is 0 Å².